The molecule has 1 aromatic heterocycles. The van der Waals surface area contributed by atoms with E-state index in [0.717, 1.165) is 4.57 Å². The molecule has 90 valence electrons. The highest BCUT2D eigenvalue weighted by molar-refractivity contribution is 6.34. The van der Waals surface area contributed by atoms with Crippen LogP contribution in [0, 0.1) is 11.6 Å². The number of nitrogens with zero attached hydrogens (tertiary/aromatic N) is 1. The van der Waals surface area contributed by atoms with Gasteiger partial charge < -0.3 is 10.2 Å². The van der Waals surface area contributed by atoms with E-state index < -0.39 is 35.4 Å². The summed E-state index contributed by atoms with van der Waals surface area (Å²) in [7, 11) is 0. The summed E-state index contributed by atoms with van der Waals surface area (Å²) in [5, 5.41) is -0.244. The molecule has 0 aliphatic rings. The zero-order valence-electron chi connectivity index (χ0n) is 8.17. The van der Waals surface area contributed by atoms with Crippen molar-refractivity contribution < 1.29 is 18.0 Å². The summed E-state index contributed by atoms with van der Waals surface area (Å²) in [5.41, 5.74) is 4.07. The first-order chi connectivity index (χ1) is 7.91. The molecule has 0 aliphatic carbocycles. The first-order valence-electron chi connectivity index (χ1n) is 4.37. The average molecular weight is 263 g/mol. The molecule has 1 amide bonds. The normalized spacial score (nSPS) is 11.0. The Hall–Kier alpha value is -1.89. The SMILES string of the molecule is NC(=O)Cn1c(=O)oc2c(F)c(F)cc(Cl)c21. The Bertz CT molecular complexity index is 677. The number of primary amides is 1. The number of carbonyl (C=O) groups excluding carboxylic acids is 1. The summed E-state index contributed by atoms with van der Waals surface area (Å²) in [6, 6.07) is 0.686. The van der Waals surface area contributed by atoms with Crippen LogP contribution in [-0.4, -0.2) is 10.5 Å². The van der Waals surface area contributed by atoms with Gasteiger partial charge in [-0.3, -0.25) is 9.36 Å². The second kappa shape index (κ2) is 3.85. The standard InChI is InChI=1S/C9H5ClF2N2O3/c10-3-1-4(11)6(12)8-7(3)14(2-5(13)15)9(16)17-8/h1H,2H2,(H2,13,15). The molecule has 1 heterocycles. The average Bonchev–Trinajstić information content (AvgIpc) is 2.53. The lowest BCUT2D eigenvalue weighted by atomic mass is 10.3. The van der Waals surface area contributed by atoms with E-state index in [0.29, 0.717) is 6.07 Å². The minimum atomic E-state index is -1.34. The van der Waals surface area contributed by atoms with Gasteiger partial charge in [0.1, 0.15) is 12.1 Å². The van der Waals surface area contributed by atoms with Gasteiger partial charge in [-0.2, -0.15) is 4.39 Å². The Morgan fingerprint density at radius 3 is 2.76 bits per heavy atom. The number of benzene rings is 1. The number of halogens is 3. The van der Waals surface area contributed by atoms with E-state index >= 15 is 0 Å². The van der Waals surface area contributed by atoms with Crippen LogP contribution in [0.4, 0.5) is 8.78 Å². The number of nitrogens with two attached hydrogens (primary N) is 1. The minimum absolute atomic E-state index is 0.200. The van der Waals surface area contributed by atoms with Crippen LogP contribution in [0.3, 0.4) is 0 Å². The molecule has 8 heteroatoms. The molecule has 0 spiro atoms. The fourth-order valence-electron chi connectivity index (χ4n) is 1.44. The third kappa shape index (κ3) is 1.78. The number of hydrogen-bond donors (Lipinski definition) is 1. The number of rotatable bonds is 2. The first kappa shape index (κ1) is 11.6. The predicted octanol–water partition coefficient (Wildman–Crippen LogP) is 1.01. The van der Waals surface area contributed by atoms with Crippen molar-refractivity contribution in [3.05, 3.63) is 33.3 Å². The lowest BCUT2D eigenvalue weighted by Gasteiger charge is -2.00. The van der Waals surface area contributed by atoms with Gasteiger partial charge in [0.2, 0.25) is 11.7 Å². The highest BCUT2D eigenvalue weighted by Gasteiger charge is 2.20. The molecule has 2 N–H and O–H groups in total. The first-order valence-corrected chi connectivity index (χ1v) is 4.74. The fraction of sp³-hybridized carbons (Fsp3) is 0.111. The number of oxazole rings is 1. The maximum absolute atomic E-state index is 13.3. The lowest BCUT2D eigenvalue weighted by molar-refractivity contribution is -0.118. The van der Waals surface area contributed by atoms with Crippen LogP contribution >= 0.6 is 11.6 Å². The van der Waals surface area contributed by atoms with Crippen LogP contribution in [0.5, 0.6) is 0 Å². The fourth-order valence-corrected chi connectivity index (χ4v) is 1.73. The zero-order valence-corrected chi connectivity index (χ0v) is 8.92. The highest BCUT2D eigenvalue weighted by Crippen LogP contribution is 2.27. The van der Waals surface area contributed by atoms with E-state index in [2.05, 4.69) is 4.42 Å². The summed E-state index contributed by atoms with van der Waals surface area (Å²) in [6.45, 7) is -0.531. The molecule has 17 heavy (non-hydrogen) atoms. The molecule has 0 radical (unpaired) electrons. The van der Waals surface area contributed by atoms with E-state index in [-0.39, 0.29) is 10.5 Å². The van der Waals surface area contributed by atoms with Gasteiger partial charge in [-0.25, -0.2) is 9.18 Å². The van der Waals surface area contributed by atoms with Crippen molar-refractivity contribution in [3.63, 3.8) is 0 Å². The summed E-state index contributed by atoms with van der Waals surface area (Å²) >= 11 is 5.66. The molecule has 5 nitrogen and oxygen atoms in total. The number of fused-ring (bicyclic) bond motifs is 1. The van der Waals surface area contributed by atoms with E-state index in [1.165, 1.54) is 0 Å². The van der Waals surface area contributed by atoms with Crippen molar-refractivity contribution in [1.29, 1.82) is 0 Å². The third-order valence-electron chi connectivity index (χ3n) is 2.10. The number of hydrogen-bond acceptors (Lipinski definition) is 3. The summed E-state index contributed by atoms with van der Waals surface area (Å²) in [5.74, 6) is -4.46. The second-order valence-corrected chi connectivity index (χ2v) is 3.66. The molecule has 0 atom stereocenters. The minimum Gasteiger partial charge on any atom is -0.404 e. The van der Waals surface area contributed by atoms with Gasteiger partial charge in [-0.15, -0.1) is 0 Å². The van der Waals surface area contributed by atoms with Gasteiger partial charge in [0.25, 0.3) is 0 Å². The third-order valence-corrected chi connectivity index (χ3v) is 2.39. The molecule has 1 aromatic carbocycles. The van der Waals surface area contributed by atoms with Crippen molar-refractivity contribution >= 4 is 28.6 Å². The van der Waals surface area contributed by atoms with Crippen LogP contribution in [0.1, 0.15) is 0 Å². The molecule has 0 unspecified atom stereocenters. The molecular formula is C9H5ClF2N2O3. The molecule has 0 fully saturated rings. The molecule has 0 bridgehead atoms. The van der Waals surface area contributed by atoms with Gasteiger partial charge in [0, 0.05) is 0 Å². The van der Waals surface area contributed by atoms with Crippen molar-refractivity contribution in [2.24, 2.45) is 5.73 Å². The lowest BCUT2D eigenvalue weighted by Crippen LogP contribution is -2.25. The summed E-state index contributed by atoms with van der Waals surface area (Å²) in [6.07, 6.45) is 0. The van der Waals surface area contributed by atoms with Crippen molar-refractivity contribution in [1.82, 2.24) is 4.57 Å². The van der Waals surface area contributed by atoms with Gasteiger partial charge in [-0.1, -0.05) is 11.6 Å². The van der Waals surface area contributed by atoms with Gasteiger partial charge in [-0.05, 0) is 6.07 Å². The van der Waals surface area contributed by atoms with Gasteiger partial charge in [0.15, 0.2) is 11.4 Å². The quantitative estimate of drug-likeness (QED) is 0.821. The second-order valence-electron chi connectivity index (χ2n) is 3.25. The van der Waals surface area contributed by atoms with E-state index in [1.807, 2.05) is 0 Å². The van der Waals surface area contributed by atoms with E-state index in [9.17, 15) is 18.4 Å². The van der Waals surface area contributed by atoms with E-state index in [1.54, 1.807) is 0 Å². The molecule has 2 rings (SSSR count). The summed E-state index contributed by atoms with van der Waals surface area (Å²) < 4.78 is 31.5. The molecule has 0 saturated carbocycles. The Labute approximate surface area is 97.4 Å². The van der Waals surface area contributed by atoms with Gasteiger partial charge >= 0.3 is 5.76 Å². The molecular weight excluding hydrogens is 258 g/mol. The number of aromatic nitrogens is 1. The molecule has 0 saturated heterocycles. The van der Waals surface area contributed by atoms with E-state index in [4.69, 9.17) is 17.3 Å². The van der Waals surface area contributed by atoms with Gasteiger partial charge in [0.05, 0.1) is 5.02 Å². The Morgan fingerprint density at radius 1 is 1.53 bits per heavy atom. The molecule has 2 aromatic rings. The monoisotopic (exact) mass is 262 g/mol. The highest BCUT2D eigenvalue weighted by atomic mass is 35.5. The Balaban J connectivity index is 2.87. The Kier molecular flexibility index (Phi) is 2.62. The van der Waals surface area contributed by atoms with Crippen LogP contribution in [-0.2, 0) is 11.3 Å². The smallest absolute Gasteiger partial charge is 0.404 e. The topological polar surface area (TPSA) is 78.2 Å². The van der Waals surface area contributed by atoms with Crippen molar-refractivity contribution in [2.45, 2.75) is 6.54 Å². The predicted molar refractivity (Wildman–Crippen MR) is 54.6 cm³/mol. The largest absolute Gasteiger partial charge is 0.420 e. The van der Waals surface area contributed by atoms with Crippen LogP contribution in [0.2, 0.25) is 5.02 Å². The van der Waals surface area contributed by atoms with Crippen molar-refractivity contribution in [3.8, 4) is 0 Å². The summed E-state index contributed by atoms with van der Waals surface area (Å²) in [4.78, 5) is 22.1. The number of amides is 1. The van der Waals surface area contributed by atoms with Crippen LogP contribution in [0.25, 0.3) is 11.1 Å². The van der Waals surface area contributed by atoms with Crippen LogP contribution in [0.15, 0.2) is 15.3 Å². The maximum atomic E-state index is 13.3. The number of carbonyl (C=O) groups is 1. The Morgan fingerprint density at radius 2 is 2.18 bits per heavy atom. The van der Waals surface area contributed by atoms with Crippen LogP contribution < -0.4 is 11.5 Å². The molecule has 0 aliphatic heterocycles. The zero-order chi connectivity index (χ0) is 12.7. The maximum Gasteiger partial charge on any atom is 0.420 e. The van der Waals surface area contributed by atoms with Crippen molar-refractivity contribution in [2.75, 3.05) is 0 Å².